The topological polar surface area (TPSA) is 68.3 Å². The zero-order valence-electron chi connectivity index (χ0n) is 14.9. The molecular formula is C20H19BrN2O3S. The predicted molar refractivity (Wildman–Crippen MR) is 109 cm³/mol. The molecule has 1 atom stereocenters. The Labute approximate surface area is 167 Å². The van der Waals surface area contributed by atoms with Crippen molar-refractivity contribution in [2.45, 2.75) is 17.9 Å². The fourth-order valence-electron chi connectivity index (χ4n) is 2.76. The molecule has 2 aromatic carbocycles. The first-order valence-corrected chi connectivity index (χ1v) is 10.5. The molecule has 3 aromatic rings. The van der Waals surface area contributed by atoms with Crippen LogP contribution in [-0.4, -0.2) is 20.5 Å². The Hall–Kier alpha value is -2.22. The van der Waals surface area contributed by atoms with Crippen LogP contribution < -0.4 is 9.46 Å². The molecule has 1 N–H and O–H groups in total. The lowest BCUT2D eigenvalue weighted by atomic mass is 10.0. The van der Waals surface area contributed by atoms with Gasteiger partial charge < -0.3 is 4.74 Å². The highest BCUT2D eigenvalue weighted by atomic mass is 79.9. The van der Waals surface area contributed by atoms with Crippen LogP contribution in [0.3, 0.4) is 0 Å². The van der Waals surface area contributed by atoms with Gasteiger partial charge in [0.25, 0.3) is 0 Å². The number of sulfonamides is 1. The van der Waals surface area contributed by atoms with E-state index in [1.54, 1.807) is 43.8 Å². The molecular weight excluding hydrogens is 428 g/mol. The molecule has 0 fully saturated rings. The first kappa shape index (κ1) is 19.5. The number of rotatable bonds is 6. The van der Waals surface area contributed by atoms with E-state index < -0.39 is 16.1 Å². The highest BCUT2D eigenvalue weighted by Gasteiger charge is 2.19. The summed E-state index contributed by atoms with van der Waals surface area (Å²) in [6.45, 7) is 1.82. The molecule has 0 radical (unpaired) electrons. The Balaban J connectivity index is 1.89. The summed E-state index contributed by atoms with van der Waals surface area (Å²) in [5.41, 5.74) is 2.68. The van der Waals surface area contributed by atoms with E-state index in [0.29, 0.717) is 10.2 Å². The third-order valence-electron chi connectivity index (χ3n) is 4.14. The van der Waals surface area contributed by atoms with Gasteiger partial charge in [0.05, 0.1) is 18.2 Å². The predicted octanol–water partition coefficient (Wildman–Crippen LogP) is 4.56. The molecule has 0 aliphatic heterocycles. The number of hydrogen-bond acceptors (Lipinski definition) is 4. The van der Waals surface area contributed by atoms with Crippen molar-refractivity contribution in [2.75, 3.05) is 7.11 Å². The summed E-state index contributed by atoms with van der Waals surface area (Å²) in [6.07, 6.45) is 3.35. The lowest BCUT2D eigenvalue weighted by Gasteiger charge is -2.16. The number of aromatic nitrogens is 1. The minimum Gasteiger partial charge on any atom is -0.494 e. The summed E-state index contributed by atoms with van der Waals surface area (Å²) in [6, 6.07) is 15.8. The highest BCUT2D eigenvalue weighted by molar-refractivity contribution is 9.10. The molecule has 27 heavy (non-hydrogen) atoms. The Morgan fingerprint density at radius 1 is 1.11 bits per heavy atom. The van der Waals surface area contributed by atoms with Gasteiger partial charge in [0.15, 0.2) is 0 Å². The maximum atomic E-state index is 12.7. The molecule has 0 spiro atoms. The van der Waals surface area contributed by atoms with E-state index in [2.05, 4.69) is 25.6 Å². The lowest BCUT2D eigenvalue weighted by Crippen LogP contribution is -2.26. The molecule has 1 heterocycles. The number of nitrogens with zero attached hydrogens (tertiary/aromatic N) is 1. The number of hydrogen-bond donors (Lipinski definition) is 1. The van der Waals surface area contributed by atoms with Crippen LogP contribution in [0, 0.1) is 0 Å². The third kappa shape index (κ3) is 4.55. The second-order valence-corrected chi connectivity index (χ2v) is 8.63. The second kappa shape index (κ2) is 8.21. The van der Waals surface area contributed by atoms with Gasteiger partial charge in [0, 0.05) is 22.3 Å². The first-order chi connectivity index (χ1) is 12.9. The average molecular weight is 447 g/mol. The number of benzene rings is 2. The Bertz CT molecular complexity index is 1050. The van der Waals surface area contributed by atoms with E-state index in [4.69, 9.17) is 4.74 Å². The van der Waals surface area contributed by atoms with Crippen molar-refractivity contribution >= 4 is 26.0 Å². The van der Waals surface area contributed by atoms with Crippen molar-refractivity contribution in [3.05, 3.63) is 77.0 Å². The van der Waals surface area contributed by atoms with Crippen LogP contribution in [0.2, 0.25) is 0 Å². The van der Waals surface area contributed by atoms with Gasteiger partial charge in [-0.15, -0.1) is 0 Å². The fourth-order valence-corrected chi connectivity index (χ4v) is 4.59. The van der Waals surface area contributed by atoms with Crippen LogP contribution >= 0.6 is 15.9 Å². The maximum absolute atomic E-state index is 12.7. The minimum atomic E-state index is -3.64. The Kier molecular flexibility index (Phi) is 5.94. The van der Waals surface area contributed by atoms with Crippen molar-refractivity contribution in [2.24, 2.45) is 0 Å². The van der Waals surface area contributed by atoms with E-state index in [9.17, 15) is 8.42 Å². The van der Waals surface area contributed by atoms with Gasteiger partial charge in [-0.05, 0) is 48.4 Å². The van der Waals surface area contributed by atoms with E-state index in [1.165, 1.54) is 0 Å². The van der Waals surface area contributed by atoms with Crippen molar-refractivity contribution in [1.82, 2.24) is 9.71 Å². The van der Waals surface area contributed by atoms with Gasteiger partial charge in [-0.25, -0.2) is 13.1 Å². The van der Waals surface area contributed by atoms with E-state index in [1.807, 2.05) is 37.3 Å². The van der Waals surface area contributed by atoms with Gasteiger partial charge in [0.2, 0.25) is 10.0 Å². The zero-order valence-corrected chi connectivity index (χ0v) is 17.3. The quantitative estimate of drug-likeness (QED) is 0.602. The summed E-state index contributed by atoms with van der Waals surface area (Å²) in [5, 5.41) is 0. The monoisotopic (exact) mass is 446 g/mol. The van der Waals surface area contributed by atoms with Gasteiger partial charge >= 0.3 is 0 Å². The lowest BCUT2D eigenvalue weighted by molar-refractivity contribution is 0.414. The maximum Gasteiger partial charge on any atom is 0.241 e. The molecule has 1 aromatic heterocycles. The van der Waals surface area contributed by atoms with Gasteiger partial charge in [-0.1, -0.05) is 40.2 Å². The third-order valence-corrected chi connectivity index (χ3v) is 6.17. The first-order valence-electron chi connectivity index (χ1n) is 8.27. The van der Waals surface area contributed by atoms with E-state index in [0.717, 1.165) is 16.7 Å². The molecule has 1 unspecified atom stereocenters. The largest absolute Gasteiger partial charge is 0.494 e. The average Bonchev–Trinajstić information content (AvgIpc) is 2.67. The summed E-state index contributed by atoms with van der Waals surface area (Å²) < 4.78 is 34.1. The normalized spacial score (nSPS) is 12.6. The molecule has 0 aliphatic carbocycles. The van der Waals surface area contributed by atoms with Crippen LogP contribution in [-0.2, 0) is 10.0 Å². The number of ether oxygens (including phenoxy) is 1. The van der Waals surface area contributed by atoms with Gasteiger partial charge in [-0.3, -0.25) is 4.98 Å². The van der Waals surface area contributed by atoms with Crippen molar-refractivity contribution in [3.63, 3.8) is 0 Å². The van der Waals surface area contributed by atoms with E-state index >= 15 is 0 Å². The zero-order chi connectivity index (χ0) is 19.4. The summed E-state index contributed by atoms with van der Waals surface area (Å²) >= 11 is 3.31. The Morgan fingerprint density at radius 2 is 1.89 bits per heavy atom. The van der Waals surface area contributed by atoms with Crippen LogP contribution in [0.25, 0.3) is 11.1 Å². The summed E-state index contributed by atoms with van der Waals surface area (Å²) in [4.78, 5) is 4.29. The molecule has 5 nitrogen and oxygen atoms in total. The second-order valence-electron chi connectivity index (χ2n) is 6.00. The molecule has 0 amide bonds. The molecule has 140 valence electrons. The van der Waals surface area contributed by atoms with Gasteiger partial charge in [-0.2, -0.15) is 0 Å². The summed E-state index contributed by atoms with van der Waals surface area (Å²) in [7, 11) is -2.04. The number of halogens is 1. The highest BCUT2D eigenvalue weighted by Crippen LogP contribution is 2.30. The van der Waals surface area contributed by atoms with Crippen LogP contribution in [0.5, 0.6) is 5.75 Å². The standard InChI is InChI=1S/C20H19BrN2O3S/c1-14(23-27(24,25)18-8-4-7-17(21)12-18)15-5-3-6-16(11-15)19-9-10-22-13-20(19)26-2/h3-14,23H,1-2H3. The van der Waals surface area contributed by atoms with Crippen molar-refractivity contribution in [1.29, 1.82) is 0 Å². The number of methoxy groups -OCH3 is 1. The summed E-state index contributed by atoms with van der Waals surface area (Å²) in [5.74, 6) is 0.664. The van der Waals surface area contributed by atoms with Crippen molar-refractivity contribution < 1.29 is 13.2 Å². The van der Waals surface area contributed by atoms with Crippen LogP contribution in [0.15, 0.2) is 76.4 Å². The SMILES string of the molecule is COc1cnccc1-c1cccc(C(C)NS(=O)(=O)c2cccc(Br)c2)c1. The van der Waals surface area contributed by atoms with Gasteiger partial charge in [0.1, 0.15) is 5.75 Å². The fraction of sp³-hybridized carbons (Fsp3) is 0.150. The molecule has 0 bridgehead atoms. The van der Waals surface area contributed by atoms with Crippen LogP contribution in [0.1, 0.15) is 18.5 Å². The molecule has 3 rings (SSSR count). The Morgan fingerprint density at radius 3 is 2.63 bits per heavy atom. The smallest absolute Gasteiger partial charge is 0.241 e. The van der Waals surface area contributed by atoms with E-state index in [-0.39, 0.29) is 4.90 Å². The molecule has 0 aliphatic rings. The molecule has 0 saturated heterocycles. The molecule has 0 saturated carbocycles. The minimum absolute atomic E-state index is 0.218. The number of nitrogens with one attached hydrogen (secondary N) is 1. The number of pyridine rings is 1. The molecule has 7 heteroatoms. The van der Waals surface area contributed by atoms with Crippen molar-refractivity contribution in [3.8, 4) is 16.9 Å². The van der Waals surface area contributed by atoms with Crippen LogP contribution in [0.4, 0.5) is 0 Å².